The predicted octanol–water partition coefficient (Wildman–Crippen LogP) is 2.66. The second kappa shape index (κ2) is 2.93. The third-order valence-corrected chi connectivity index (χ3v) is 1.86. The molecule has 0 aliphatic rings. The van der Waals surface area contributed by atoms with Gasteiger partial charge in [0.15, 0.2) is 0 Å². The maximum Gasteiger partial charge on any atom is 0.137 e. The second-order valence-electron chi connectivity index (χ2n) is 2.09. The monoisotopic (exact) mass is 156 g/mol. The van der Waals surface area contributed by atoms with Crippen molar-refractivity contribution in [2.75, 3.05) is 7.11 Å². The van der Waals surface area contributed by atoms with Gasteiger partial charge in [-0.25, -0.2) is 0 Å². The predicted molar refractivity (Wildman–Crippen MR) is 42.7 cm³/mol. The van der Waals surface area contributed by atoms with Crippen molar-refractivity contribution in [2.24, 2.45) is 0 Å². The lowest BCUT2D eigenvalue weighted by atomic mass is 10.2. The fourth-order valence-corrected chi connectivity index (χ4v) is 0.981. The van der Waals surface area contributed by atoms with Gasteiger partial charge in [0, 0.05) is 0 Å². The molecule has 1 aromatic rings. The van der Waals surface area contributed by atoms with Crippen LogP contribution in [-0.2, 0) is 0 Å². The van der Waals surface area contributed by atoms with Gasteiger partial charge in [0.2, 0.25) is 0 Å². The number of methoxy groups -OCH3 is 1. The van der Waals surface area contributed by atoms with Gasteiger partial charge in [-0.15, -0.1) is 0 Å². The van der Waals surface area contributed by atoms with Crippen LogP contribution in [0.1, 0.15) is 5.56 Å². The summed E-state index contributed by atoms with van der Waals surface area (Å²) in [6, 6.07) is 5.71. The van der Waals surface area contributed by atoms with Crippen LogP contribution in [-0.4, -0.2) is 7.11 Å². The molecule has 0 saturated heterocycles. The van der Waals surface area contributed by atoms with Crippen LogP contribution in [0.4, 0.5) is 0 Å². The molecule has 0 amide bonds. The third kappa shape index (κ3) is 1.24. The third-order valence-electron chi connectivity index (χ3n) is 1.38. The van der Waals surface area contributed by atoms with Crippen LogP contribution in [0.3, 0.4) is 0 Å². The van der Waals surface area contributed by atoms with E-state index < -0.39 is 0 Å². The molecule has 0 radical (unpaired) electrons. The van der Waals surface area contributed by atoms with Gasteiger partial charge in [0.05, 0.1) is 12.1 Å². The van der Waals surface area contributed by atoms with Crippen molar-refractivity contribution in [1.82, 2.24) is 0 Å². The van der Waals surface area contributed by atoms with Gasteiger partial charge in [-0.05, 0) is 18.6 Å². The van der Waals surface area contributed by atoms with Crippen molar-refractivity contribution in [3.63, 3.8) is 0 Å². The Bertz CT molecular complexity index is 233. The zero-order chi connectivity index (χ0) is 7.56. The average Bonchev–Trinajstić information content (AvgIpc) is 1.95. The van der Waals surface area contributed by atoms with Crippen molar-refractivity contribution < 1.29 is 4.74 Å². The first-order valence-corrected chi connectivity index (χ1v) is 3.42. The highest BCUT2D eigenvalue weighted by Gasteiger charge is 1.99. The highest BCUT2D eigenvalue weighted by molar-refractivity contribution is 6.32. The summed E-state index contributed by atoms with van der Waals surface area (Å²) in [6.07, 6.45) is 0. The number of benzene rings is 1. The standard InChI is InChI=1S/C8H9ClO/c1-6-4-3-5-7(10-2)8(6)9/h3-5H,1-2H3. The van der Waals surface area contributed by atoms with Gasteiger partial charge < -0.3 is 4.74 Å². The summed E-state index contributed by atoms with van der Waals surface area (Å²) in [6.45, 7) is 1.95. The largest absolute Gasteiger partial charge is 0.495 e. The summed E-state index contributed by atoms with van der Waals surface area (Å²) >= 11 is 5.87. The van der Waals surface area contributed by atoms with E-state index in [4.69, 9.17) is 16.3 Å². The van der Waals surface area contributed by atoms with E-state index in [9.17, 15) is 0 Å². The van der Waals surface area contributed by atoms with Crippen molar-refractivity contribution in [2.45, 2.75) is 6.92 Å². The lowest BCUT2D eigenvalue weighted by Gasteiger charge is -2.03. The van der Waals surface area contributed by atoms with Gasteiger partial charge in [-0.2, -0.15) is 0 Å². The summed E-state index contributed by atoms with van der Waals surface area (Å²) in [5, 5.41) is 0.699. The molecule has 0 aromatic heterocycles. The topological polar surface area (TPSA) is 9.23 Å². The minimum atomic E-state index is 0.699. The highest BCUT2D eigenvalue weighted by atomic mass is 35.5. The lowest BCUT2D eigenvalue weighted by Crippen LogP contribution is -1.84. The molecular formula is C8H9ClO. The van der Waals surface area contributed by atoms with E-state index >= 15 is 0 Å². The maximum atomic E-state index is 5.87. The van der Waals surface area contributed by atoms with Crippen LogP contribution >= 0.6 is 11.6 Å². The molecule has 1 nitrogen and oxygen atoms in total. The summed E-state index contributed by atoms with van der Waals surface area (Å²) in [5.74, 6) is 0.738. The highest BCUT2D eigenvalue weighted by Crippen LogP contribution is 2.26. The molecule has 0 saturated carbocycles. The van der Waals surface area contributed by atoms with Crippen molar-refractivity contribution in [3.8, 4) is 5.75 Å². The molecule has 2 heteroatoms. The Hall–Kier alpha value is -0.690. The molecule has 54 valence electrons. The Kier molecular flexibility index (Phi) is 2.17. The van der Waals surface area contributed by atoms with E-state index in [0.29, 0.717) is 5.02 Å². The molecule has 0 heterocycles. The first kappa shape index (κ1) is 7.42. The zero-order valence-electron chi connectivity index (χ0n) is 6.02. The fraction of sp³-hybridized carbons (Fsp3) is 0.250. The van der Waals surface area contributed by atoms with Crippen LogP contribution in [0.2, 0.25) is 5.02 Å². The Balaban J connectivity index is 3.14. The summed E-state index contributed by atoms with van der Waals surface area (Å²) in [7, 11) is 1.61. The Labute approximate surface area is 65.6 Å². The van der Waals surface area contributed by atoms with E-state index in [1.807, 2.05) is 25.1 Å². The number of rotatable bonds is 1. The minimum Gasteiger partial charge on any atom is -0.495 e. The van der Waals surface area contributed by atoms with Crippen molar-refractivity contribution in [3.05, 3.63) is 28.8 Å². The summed E-state index contributed by atoms with van der Waals surface area (Å²) in [4.78, 5) is 0. The zero-order valence-corrected chi connectivity index (χ0v) is 6.77. The smallest absolute Gasteiger partial charge is 0.137 e. The molecule has 1 rings (SSSR count). The molecule has 0 spiro atoms. The van der Waals surface area contributed by atoms with Gasteiger partial charge in [-0.3, -0.25) is 0 Å². The van der Waals surface area contributed by atoms with Crippen molar-refractivity contribution in [1.29, 1.82) is 0 Å². The quantitative estimate of drug-likeness (QED) is 0.608. The molecule has 0 bridgehead atoms. The SMILES string of the molecule is COc1cccc(C)c1Cl. The normalized spacial score (nSPS) is 9.50. The molecule has 0 aliphatic heterocycles. The molecular weight excluding hydrogens is 148 g/mol. The summed E-state index contributed by atoms with van der Waals surface area (Å²) in [5.41, 5.74) is 1.04. The van der Waals surface area contributed by atoms with Crippen LogP contribution in [0.25, 0.3) is 0 Å². The van der Waals surface area contributed by atoms with Crippen LogP contribution in [0.5, 0.6) is 5.75 Å². The van der Waals surface area contributed by atoms with Crippen LogP contribution < -0.4 is 4.74 Å². The number of ether oxygens (including phenoxy) is 1. The number of hydrogen-bond donors (Lipinski definition) is 0. The lowest BCUT2D eigenvalue weighted by molar-refractivity contribution is 0.414. The average molecular weight is 157 g/mol. The van der Waals surface area contributed by atoms with E-state index in [1.54, 1.807) is 7.11 Å². The van der Waals surface area contributed by atoms with Crippen LogP contribution in [0, 0.1) is 6.92 Å². The van der Waals surface area contributed by atoms with E-state index in [-0.39, 0.29) is 0 Å². The molecule has 0 atom stereocenters. The first-order valence-electron chi connectivity index (χ1n) is 3.05. The van der Waals surface area contributed by atoms with Crippen molar-refractivity contribution >= 4 is 11.6 Å². The minimum absolute atomic E-state index is 0.699. The Morgan fingerprint density at radius 3 is 2.60 bits per heavy atom. The molecule has 1 aromatic carbocycles. The maximum absolute atomic E-state index is 5.87. The second-order valence-corrected chi connectivity index (χ2v) is 2.47. The Morgan fingerprint density at radius 2 is 2.10 bits per heavy atom. The molecule has 0 N–H and O–H groups in total. The number of hydrogen-bond acceptors (Lipinski definition) is 1. The van der Waals surface area contributed by atoms with E-state index in [0.717, 1.165) is 11.3 Å². The van der Waals surface area contributed by atoms with E-state index in [2.05, 4.69) is 0 Å². The summed E-state index contributed by atoms with van der Waals surface area (Å²) < 4.78 is 4.99. The van der Waals surface area contributed by atoms with Crippen LogP contribution in [0.15, 0.2) is 18.2 Å². The van der Waals surface area contributed by atoms with E-state index in [1.165, 1.54) is 0 Å². The van der Waals surface area contributed by atoms with Gasteiger partial charge in [-0.1, -0.05) is 23.7 Å². The number of aryl methyl sites for hydroxylation is 1. The molecule has 0 aliphatic carbocycles. The fourth-order valence-electron chi connectivity index (χ4n) is 0.778. The first-order chi connectivity index (χ1) is 4.75. The number of halogens is 1. The molecule has 0 unspecified atom stereocenters. The van der Waals surface area contributed by atoms with Gasteiger partial charge in [0.25, 0.3) is 0 Å². The van der Waals surface area contributed by atoms with Gasteiger partial charge >= 0.3 is 0 Å². The Morgan fingerprint density at radius 1 is 1.40 bits per heavy atom. The molecule has 10 heavy (non-hydrogen) atoms. The molecule has 0 fully saturated rings. The van der Waals surface area contributed by atoms with Gasteiger partial charge in [0.1, 0.15) is 5.75 Å².